The van der Waals surface area contributed by atoms with Crippen LogP contribution in [0.4, 0.5) is 4.39 Å². The third-order valence-electron chi connectivity index (χ3n) is 6.05. The van der Waals surface area contributed by atoms with Crippen LogP contribution in [0, 0.1) is 11.7 Å². The smallest absolute Gasteiger partial charge is 0.241 e. The maximum atomic E-state index is 13.1. The number of rotatable bonds is 3. The molecular formula is C20H27FN4O2. The van der Waals surface area contributed by atoms with Crippen LogP contribution >= 0.6 is 0 Å². The van der Waals surface area contributed by atoms with E-state index in [4.69, 9.17) is 0 Å². The van der Waals surface area contributed by atoms with E-state index < -0.39 is 0 Å². The van der Waals surface area contributed by atoms with Gasteiger partial charge in [-0.1, -0.05) is 12.1 Å². The van der Waals surface area contributed by atoms with Crippen molar-refractivity contribution < 1.29 is 14.0 Å². The minimum Gasteiger partial charge on any atom is -0.342 e. The van der Waals surface area contributed by atoms with Gasteiger partial charge in [-0.25, -0.2) is 15.2 Å². The molecular weight excluding hydrogens is 347 g/mol. The number of carbonyl (C=O) groups is 2. The standard InChI is InChI=1S/C20H27FN4O2/c21-16-5-3-14(4-6-16)17-13-18(23-22-17)20(27)25-11-7-15(8-12-25)19(26)24-9-1-2-10-24/h3-6,15,17-18,22-23H,1-2,7-13H2. The molecule has 7 heteroatoms. The van der Waals surface area contributed by atoms with Gasteiger partial charge in [-0.05, 0) is 49.8 Å². The Labute approximate surface area is 159 Å². The van der Waals surface area contributed by atoms with Crippen molar-refractivity contribution in [1.29, 1.82) is 0 Å². The summed E-state index contributed by atoms with van der Waals surface area (Å²) in [5, 5.41) is 0. The van der Waals surface area contributed by atoms with Crippen LogP contribution in [-0.4, -0.2) is 53.8 Å². The Bertz CT molecular complexity index is 682. The van der Waals surface area contributed by atoms with Gasteiger partial charge in [0.05, 0.1) is 0 Å². The lowest BCUT2D eigenvalue weighted by atomic mass is 9.94. The summed E-state index contributed by atoms with van der Waals surface area (Å²) in [7, 11) is 0. The molecule has 1 aromatic rings. The summed E-state index contributed by atoms with van der Waals surface area (Å²) in [5.74, 6) is 0.160. The highest BCUT2D eigenvalue weighted by Gasteiger charge is 2.36. The first-order valence-corrected chi connectivity index (χ1v) is 9.96. The molecule has 1 aromatic carbocycles. The van der Waals surface area contributed by atoms with Crippen molar-refractivity contribution in [3.05, 3.63) is 35.6 Å². The SMILES string of the molecule is O=C(C1CCN(C(=O)C2CC(c3ccc(F)cc3)NN2)CC1)N1CCCC1. The van der Waals surface area contributed by atoms with Crippen molar-refractivity contribution >= 4 is 11.8 Å². The zero-order valence-electron chi connectivity index (χ0n) is 15.5. The molecule has 2 N–H and O–H groups in total. The number of amides is 2. The Hall–Kier alpha value is -1.99. The van der Waals surface area contributed by atoms with Crippen LogP contribution in [0.3, 0.4) is 0 Å². The number of halogens is 1. The van der Waals surface area contributed by atoms with Crippen LogP contribution in [0.15, 0.2) is 24.3 Å². The van der Waals surface area contributed by atoms with E-state index in [1.165, 1.54) is 12.1 Å². The molecule has 0 spiro atoms. The summed E-state index contributed by atoms with van der Waals surface area (Å²) >= 11 is 0. The van der Waals surface area contributed by atoms with Gasteiger partial charge in [0.1, 0.15) is 11.9 Å². The number of hydrogen-bond donors (Lipinski definition) is 2. The summed E-state index contributed by atoms with van der Waals surface area (Å²) in [4.78, 5) is 29.2. The summed E-state index contributed by atoms with van der Waals surface area (Å²) in [6.45, 7) is 3.06. The van der Waals surface area contributed by atoms with Gasteiger partial charge in [-0.3, -0.25) is 9.59 Å². The van der Waals surface area contributed by atoms with Crippen molar-refractivity contribution in [1.82, 2.24) is 20.7 Å². The van der Waals surface area contributed by atoms with Crippen LogP contribution in [0.2, 0.25) is 0 Å². The van der Waals surface area contributed by atoms with Gasteiger partial charge in [-0.15, -0.1) is 0 Å². The second kappa shape index (κ2) is 7.94. The van der Waals surface area contributed by atoms with Gasteiger partial charge in [0.25, 0.3) is 0 Å². The molecule has 0 saturated carbocycles. The van der Waals surface area contributed by atoms with Crippen molar-refractivity contribution in [2.75, 3.05) is 26.2 Å². The average molecular weight is 374 g/mol. The lowest BCUT2D eigenvalue weighted by Gasteiger charge is -2.34. The highest BCUT2D eigenvalue weighted by Crippen LogP contribution is 2.26. The lowest BCUT2D eigenvalue weighted by Crippen LogP contribution is -2.50. The number of benzene rings is 1. The molecule has 3 saturated heterocycles. The van der Waals surface area contributed by atoms with E-state index in [9.17, 15) is 14.0 Å². The van der Waals surface area contributed by atoms with Crippen molar-refractivity contribution in [2.45, 2.75) is 44.2 Å². The Balaban J connectivity index is 1.28. The summed E-state index contributed by atoms with van der Waals surface area (Å²) < 4.78 is 13.1. The van der Waals surface area contributed by atoms with Gasteiger partial charge in [0.15, 0.2) is 0 Å². The fourth-order valence-corrected chi connectivity index (χ4v) is 4.39. The predicted molar refractivity (Wildman–Crippen MR) is 98.9 cm³/mol. The van der Waals surface area contributed by atoms with Crippen molar-refractivity contribution in [2.24, 2.45) is 5.92 Å². The number of carbonyl (C=O) groups excluding carboxylic acids is 2. The highest BCUT2D eigenvalue weighted by atomic mass is 19.1. The van der Waals surface area contributed by atoms with Crippen LogP contribution in [-0.2, 0) is 9.59 Å². The van der Waals surface area contributed by atoms with Crippen LogP contribution in [0.25, 0.3) is 0 Å². The monoisotopic (exact) mass is 374 g/mol. The largest absolute Gasteiger partial charge is 0.342 e. The van der Waals surface area contributed by atoms with E-state index in [0.29, 0.717) is 19.5 Å². The average Bonchev–Trinajstić information content (AvgIpc) is 3.40. The van der Waals surface area contributed by atoms with Crippen LogP contribution in [0.1, 0.15) is 43.7 Å². The number of hydrogen-bond acceptors (Lipinski definition) is 4. The summed E-state index contributed by atoms with van der Waals surface area (Å²) in [5.41, 5.74) is 7.20. The number of nitrogens with one attached hydrogen (secondary N) is 2. The maximum absolute atomic E-state index is 13.1. The van der Waals surface area contributed by atoms with Gasteiger partial charge in [-0.2, -0.15) is 0 Å². The molecule has 146 valence electrons. The summed E-state index contributed by atoms with van der Waals surface area (Å²) in [6, 6.07) is 6.08. The minimum absolute atomic E-state index is 0.00571. The van der Waals surface area contributed by atoms with E-state index in [-0.39, 0.29) is 35.6 Å². The molecule has 0 bridgehead atoms. The van der Waals surface area contributed by atoms with Gasteiger partial charge in [0.2, 0.25) is 11.8 Å². The molecule has 3 aliphatic rings. The number of hydrazine groups is 1. The topological polar surface area (TPSA) is 64.7 Å². The molecule has 2 unspecified atom stereocenters. The molecule has 27 heavy (non-hydrogen) atoms. The molecule has 6 nitrogen and oxygen atoms in total. The van der Waals surface area contributed by atoms with E-state index in [2.05, 4.69) is 10.9 Å². The first-order valence-electron chi connectivity index (χ1n) is 9.96. The lowest BCUT2D eigenvalue weighted by molar-refractivity contribution is -0.140. The van der Waals surface area contributed by atoms with E-state index in [1.54, 1.807) is 12.1 Å². The van der Waals surface area contributed by atoms with E-state index >= 15 is 0 Å². The Morgan fingerprint density at radius 2 is 1.52 bits per heavy atom. The molecule has 4 rings (SSSR count). The van der Waals surface area contributed by atoms with E-state index in [0.717, 1.165) is 44.3 Å². The maximum Gasteiger partial charge on any atom is 0.241 e. The summed E-state index contributed by atoms with van der Waals surface area (Å²) in [6.07, 6.45) is 4.36. The Kier molecular flexibility index (Phi) is 5.41. The number of piperidine rings is 1. The van der Waals surface area contributed by atoms with Gasteiger partial charge in [0, 0.05) is 38.1 Å². The Morgan fingerprint density at radius 1 is 0.889 bits per heavy atom. The molecule has 0 radical (unpaired) electrons. The van der Waals surface area contributed by atoms with Gasteiger partial charge >= 0.3 is 0 Å². The fourth-order valence-electron chi connectivity index (χ4n) is 4.39. The molecule has 3 fully saturated rings. The molecule has 2 amide bonds. The molecule has 3 aliphatic heterocycles. The normalized spacial score (nSPS) is 26.6. The fraction of sp³-hybridized carbons (Fsp3) is 0.600. The first-order chi connectivity index (χ1) is 13.1. The third kappa shape index (κ3) is 3.99. The van der Waals surface area contributed by atoms with Crippen molar-refractivity contribution in [3.8, 4) is 0 Å². The number of likely N-dealkylation sites (tertiary alicyclic amines) is 2. The molecule has 0 aromatic heterocycles. The zero-order chi connectivity index (χ0) is 18.8. The zero-order valence-corrected chi connectivity index (χ0v) is 15.5. The second-order valence-corrected chi connectivity index (χ2v) is 7.81. The number of nitrogens with zero attached hydrogens (tertiary/aromatic N) is 2. The van der Waals surface area contributed by atoms with Crippen LogP contribution < -0.4 is 10.9 Å². The van der Waals surface area contributed by atoms with Crippen LogP contribution in [0.5, 0.6) is 0 Å². The minimum atomic E-state index is -0.286. The quantitative estimate of drug-likeness (QED) is 0.844. The molecule has 0 aliphatic carbocycles. The second-order valence-electron chi connectivity index (χ2n) is 7.81. The van der Waals surface area contributed by atoms with Crippen molar-refractivity contribution in [3.63, 3.8) is 0 Å². The third-order valence-corrected chi connectivity index (χ3v) is 6.05. The highest BCUT2D eigenvalue weighted by molar-refractivity contribution is 5.83. The molecule has 2 atom stereocenters. The Morgan fingerprint density at radius 3 is 2.19 bits per heavy atom. The first kappa shape index (κ1) is 18.4. The van der Waals surface area contributed by atoms with E-state index in [1.807, 2.05) is 9.80 Å². The molecule has 3 heterocycles. The predicted octanol–water partition coefficient (Wildman–Crippen LogP) is 1.59. The van der Waals surface area contributed by atoms with Gasteiger partial charge < -0.3 is 9.80 Å².